The maximum atomic E-state index is 13.0. The quantitative estimate of drug-likeness (QED) is 0.469. The van der Waals surface area contributed by atoms with Crippen LogP contribution in [0.15, 0.2) is 78.9 Å². The van der Waals surface area contributed by atoms with Crippen LogP contribution in [0.3, 0.4) is 0 Å². The molecule has 3 aromatic carbocycles. The van der Waals surface area contributed by atoms with Gasteiger partial charge in [-0.3, -0.25) is 4.79 Å². The zero-order valence-corrected chi connectivity index (χ0v) is 15.2. The van der Waals surface area contributed by atoms with Crippen LogP contribution in [0, 0.1) is 6.92 Å². The fraction of sp³-hybridized carbons (Fsp3) is 0.130. The summed E-state index contributed by atoms with van der Waals surface area (Å²) in [5.41, 5.74) is 2.54. The van der Waals surface area contributed by atoms with Crippen LogP contribution >= 0.6 is 0 Å². The summed E-state index contributed by atoms with van der Waals surface area (Å²) in [5.74, 6) is -0.183. The van der Waals surface area contributed by atoms with Crippen molar-refractivity contribution in [2.45, 2.75) is 13.0 Å². The molecule has 0 aliphatic rings. The number of Topliss-reactive ketones (excluding diaryl/α,β-unsaturated/α-hetero) is 1. The van der Waals surface area contributed by atoms with Crippen molar-refractivity contribution in [3.8, 4) is 5.75 Å². The maximum absolute atomic E-state index is 13.0. The van der Waals surface area contributed by atoms with E-state index < -0.39 is 12.1 Å². The van der Waals surface area contributed by atoms with Gasteiger partial charge >= 0.3 is 5.97 Å². The van der Waals surface area contributed by atoms with Crippen molar-refractivity contribution in [3.63, 3.8) is 0 Å². The molecule has 0 fully saturated rings. The number of aryl methyl sites for hydroxylation is 1. The molecule has 0 N–H and O–H groups in total. The Morgan fingerprint density at radius 2 is 1.37 bits per heavy atom. The number of methoxy groups -OCH3 is 1. The molecular weight excluding hydrogens is 340 g/mol. The van der Waals surface area contributed by atoms with Gasteiger partial charge in [0.2, 0.25) is 5.78 Å². The Bertz CT molecular complexity index is 913. The summed E-state index contributed by atoms with van der Waals surface area (Å²) in [6.07, 6.45) is -1.01. The molecule has 0 heterocycles. The van der Waals surface area contributed by atoms with Crippen LogP contribution in [0.1, 0.15) is 37.9 Å². The SMILES string of the molecule is COc1ccc(C(=O)O[C@H](C(=O)c2ccc(C)cc2)c2ccccc2)cc1. The highest BCUT2D eigenvalue weighted by Crippen LogP contribution is 2.25. The summed E-state index contributed by atoms with van der Waals surface area (Å²) in [5, 5.41) is 0. The van der Waals surface area contributed by atoms with Crippen LogP contribution in [0.4, 0.5) is 0 Å². The van der Waals surface area contributed by atoms with Gasteiger partial charge in [0.15, 0.2) is 6.10 Å². The van der Waals surface area contributed by atoms with E-state index >= 15 is 0 Å². The highest BCUT2D eigenvalue weighted by Gasteiger charge is 2.26. The van der Waals surface area contributed by atoms with Crippen LogP contribution in [-0.2, 0) is 4.74 Å². The first kappa shape index (κ1) is 18.4. The number of ether oxygens (including phenoxy) is 2. The van der Waals surface area contributed by atoms with Gasteiger partial charge in [-0.15, -0.1) is 0 Å². The zero-order valence-electron chi connectivity index (χ0n) is 15.2. The lowest BCUT2D eigenvalue weighted by molar-refractivity contribution is 0.0280. The lowest BCUT2D eigenvalue weighted by Gasteiger charge is -2.18. The highest BCUT2D eigenvalue weighted by molar-refractivity contribution is 6.02. The molecule has 27 heavy (non-hydrogen) atoms. The molecule has 0 aliphatic carbocycles. The van der Waals surface area contributed by atoms with Crippen molar-refractivity contribution < 1.29 is 19.1 Å². The summed E-state index contributed by atoms with van der Waals surface area (Å²) >= 11 is 0. The number of carbonyl (C=O) groups is 2. The summed E-state index contributed by atoms with van der Waals surface area (Å²) in [6, 6.07) is 22.8. The van der Waals surface area contributed by atoms with Gasteiger partial charge in [-0.1, -0.05) is 60.2 Å². The van der Waals surface area contributed by atoms with Crippen molar-refractivity contribution in [2.75, 3.05) is 7.11 Å². The van der Waals surface area contributed by atoms with Crippen molar-refractivity contribution in [2.24, 2.45) is 0 Å². The largest absolute Gasteiger partial charge is 0.497 e. The van der Waals surface area contributed by atoms with Crippen LogP contribution in [-0.4, -0.2) is 18.9 Å². The fourth-order valence-corrected chi connectivity index (χ4v) is 2.67. The summed E-state index contributed by atoms with van der Waals surface area (Å²) in [6.45, 7) is 1.95. The normalized spacial score (nSPS) is 11.5. The molecule has 4 nitrogen and oxygen atoms in total. The average Bonchev–Trinajstić information content (AvgIpc) is 2.72. The molecule has 0 aliphatic heterocycles. The van der Waals surface area contributed by atoms with E-state index in [4.69, 9.17) is 9.47 Å². The smallest absolute Gasteiger partial charge is 0.339 e. The Kier molecular flexibility index (Phi) is 5.67. The molecule has 4 heteroatoms. The van der Waals surface area contributed by atoms with Crippen LogP contribution in [0.25, 0.3) is 0 Å². The Morgan fingerprint density at radius 3 is 1.96 bits per heavy atom. The first-order valence-corrected chi connectivity index (χ1v) is 8.59. The van der Waals surface area contributed by atoms with E-state index in [9.17, 15) is 9.59 Å². The first-order valence-electron chi connectivity index (χ1n) is 8.59. The van der Waals surface area contributed by atoms with Crippen LogP contribution < -0.4 is 4.74 Å². The van der Waals surface area contributed by atoms with Gasteiger partial charge in [0.05, 0.1) is 12.7 Å². The second kappa shape index (κ2) is 8.32. The summed E-state index contributed by atoms with van der Waals surface area (Å²) in [4.78, 5) is 25.6. The molecule has 0 saturated carbocycles. The number of ketones is 1. The van der Waals surface area contributed by atoms with Crippen LogP contribution in [0.2, 0.25) is 0 Å². The lowest BCUT2D eigenvalue weighted by atomic mass is 9.99. The maximum Gasteiger partial charge on any atom is 0.339 e. The zero-order chi connectivity index (χ0) is 19.2. The van der Waals surface area contributed by atoms with Gasteiger partial charge in [0.1, 0.15) is 5.75 Å². The van der Waals surface area contributed by atoms with Gasteiger partial charge in [-0.2, -0.15) is 0 Å². The molecule has 0 spiro atoms. The number of benzene rings is 3. The highest BCUT2D eigenvalue weighted by atomic mass is 16.5. The van der Waals surface area contributed by atoms with E-state index in [1.807, 2.05) is 37.3 Å². The second-order valence-electron chi connectivity index (χ2n) is 6.15. The second-order valence-corrected chi connectivity index (χ2v) is 6.15. The average molecular weight is 360 g/mol. The molecule has 0 aromatic heterocycles. The van der Waals surface area contributed by atoms with E-state index in [1.54, 1.807) is 55.6 Å². The Balaban J connectivity index is 1.89. The van der Waals surface area contributed by atoms with Gasteiger partial charge in [-0.05, 0) is 31.2 Å². The van der Waals surface area contributed by atoms with Gasteiger partial charge < -0.3 is 9.47 Å². The Labute approximate surface area is 158 Å². The Morgan fingerprint density at radius 1 is 0.778 bits per heavy atom. The summed E-state index contributed by atoms with van der Waals surface area (Å²) in [7, 11) is 1.55. The van der Waals surface area contributed by atoms with Gasteiger partial charge in [0.25, 0.3) is 0 Å². The first-order chi connectivity index (χ1) is 13.1. The predicted molar refractivity (Wildman–Crippen MR) is 103 cm³/mol. The molecule has 136 valence electrons. The minimum Gasteiger partial charge on any atom is -0.497 e. The standard InChI is InChI=1S/C23H20O4/c1-16-8-10-17(11-9-16)21(24)22(18-6-4-3-5-7-18)27-23(25)19-12-14-20(26-2)15-13-19/h3-15,22H,1-2H3/t22-/m0/s1. The van der Waals surface area contributed by atoms with E-state index in [2.05, 4.69) is 0 Å². The fourth-order valence-electron chi connectivity index (χ4n) is 2.67. The molecule has 0 radical (unpaired) electrons. The molecule has 1 atom stereocenters. The Hall–Kier alpha value is -3.40. The number of hydrogen-bond acceptors (Lipinski definition) is 4. The van der Waals surface area contributed by atoms with E-state index in [1.165, 1.54) is 0 Å². The number of hydrogen-bond donors (Lipinski definition) is 0. The molecule has 0 amide bonds. The van der Waals surface area contributed by atoms with Gasteiger partial charge in [0, 0.05) is 11.1 Å². The molecule has 3 aromatic rings. The minimum absolute atomic E-state index is 0.261. The van der Waals surface area contributed by atoms with E-state index in [-0.39, 0.29) is 5.78 Å². The van der Waals surface area contributed by atoms with Crippen molar-refractivity contribution in [1.82, 2.24) is 0 Å². The van der Waals surface area contributed by atoms with Crippen LogP contribution in [0.5, 0.6) is 5.75 Å². The van der Waals surface area contributed by atoms with E-state index in [0.29, 0.717) is 22.4 Å². The molecule has 0 saturated heterocycles. The molecule has 0 unspecified atom stereocenters. The topological polar surface area (TPSA) is 52.6 Å². The number of esters is 1. The number of carbonyl (C=O) groups excluding carboxylic acids is 2. The van der Waals surface area contributed by atoms with Crippen molar-refractivity contribution in [1.29, 1.82) is 0 Å². The van der Waals surface area contributed by atoms with E-state index in [0.717, 1.165) is 5.56 Å². The molecule has 0 bridgehead atoms. The monoisotopic (exact) mass is 360 g/mol. The third kappa shape index (κ3) is 4.42. The van der Waals surface area contributed by atoms with Crippen molar-refractivity contribution >= 4 is 11.8 Å². The van der Waals surface area contributed by atoms with Crippen molar-refractivity contribution in [3.05, 3.63) is 101 Å². The third-order valence-electron chi connectivity index (χ3n) is 4.23. The number of rotatable bonds is 6. The lowest BCUT2D eigenvalue weighted by Crippen LogP contribution is -2.20. The summed E-state index contributed by atoms with van der Waals surface area (Å²) < 4.78 is 10.7. The minimum atomic E-state index is -1.01. The molecule has 3 rings (SSSR count). The molecular formula is C23H20O4. The van der Waals surface area contributed by atoms with Gasteiger partial charge in [-0.25, -0.2) is 4.79 Å². The third-order valence-corrected chi connectivity index (χ3v) is 4.23. The predicted octanol–water partition coefficient (Wildman–Crippen LogP) is 4.78.